The number of sulfonamides is 1. The maximum absolute atomic E-state index is 13.7. The van der Waals surface area contributed by atoms with Gasteiger partial charge in [-0.15, -0.1) is 0 Å². The molecule has 0 radical (unpaired) electrons. The van der Waals surface area contributed by atoms with Crippen LogP contribution in [-0.4, -0.2) is 39.0 Å². The fraction of sp³-hybridized carbons (Fsp3) is 0.500. The summed E-state index contributed by atoms with van der Waals surface area (Å²) in [5, 5.41) is 0. The zero-order valence-electron chi connectivity index (χ0n) is 10.8. The third-order valence-corrected chi connectivity index (χ3v) is 5.85. The van der Waals surface area contributed by atoms with E-state index in [1.165, 1.54) is 4.31 Å². The van der Waals surface area contributed by atoms with E-state index in [9.17, 15) is 17.2 Å². The average molecular weight is 370 g/mol. The van der Waals surface area contributed by atoms with Crippen molar-refractivity contribution in [1.82, 2.24) is 4.31 Å². The Morgan fingerprint density at radius 1 is 1.25 bits per heavy atom. The highest BCUT2D eigenvalue weighted by Crippen LogP contribution is 2.27. The number of piperidine rings is 1. The number of hydrogen-bond acceptors (Lipinski definition) is 3. The largest absolute Gasteiger partial charge is 0.381 e. The Bertz CT molecular complexity index is 601. The Morgan fingerprint density at radius 3 is 2.40 bits per heavy atom. The normalized spacial score (nSPS) is 18.4. The predicted octanol–water partition coefficient (Wildman–Crippen LogP) is 2.53. The molecule has 2 rings (SSSR count). The minimum absolute atomic E-state index is 0.0197. The van der Waals surface area contributed by atoms with Crippen LogP contribution in [0, 0.1) is 11.6 Å². The molecule has 1 aromatic carbocycles. The molecular formula is C12H14BrF2NO3S. The van der Waals surface area contributed by atoms with Crippen molar-refractivity contribution in [2.24, 2.45) is 0 Å². The first-order valence-corrected chi connectivity index (χ1v) is 8.27. The molecule has 1 aliphatic heterocycles. The summed E-state index contributed by atoms with van der Waals surface area (Å²) in [6, 6.07) is 1.53. The second-order valence-electron chi connectivity index (χ2n) is 4.54. The van der Waals surface area contributed by atoms with Crippen LogP contribution in [-0.2, 0) is 14.8 Å². The molecule has 0 amide bonds. The summed E-state index contributed by atoms with van der Waals surface area (Å²) in [6.07, 6.45) is 1.13. The number of halogens is 3. The van der Waals surface area contributed by atoms with Crippen molar-refractivity contribution in [3.63, 3.8) is 0 Å². The number of hydrogen-bond donors (Lipinski definition) is 0. The highest BCUT2D eigenvalue weighted by atomic mass is 79.9. The molecule has 0 bridgehead atoms. The minimum Gasteiger partial charge on any atom is -0.381 e. The molecule has 1 saturated heterocycles. The Hall–Kier alpha value is -0.570. The molecule has 112 valence electrons. The van der Waals surface area contributed by atoms with Crippen molar-refractivity contribution in [2.75, 3.05) is 20.2 Å². The van der Waals surface area contributed by atoms with Gasteiger partial charge in [-0.3, -0.25) is 0 Å². The lowest BCUT2D eigenvalue weighted by atomic mass is 10.1. The predicted molar refractivity (Wildman–Crippen MR) is 72.8 cm³/mol. The van der Waals surface area contributed by atoms with Gasteiger partial charge in [-0.05, 0) is 34.8 Å². The van der Waals surface area contributed by atoms with Crippen LogP contribution in [0.1, 0.15) is 12.8 Å². The fourth-order valence-electron chi connectivity index (χ4n) is 2.15. The van der Waals surface area contributed by atoms with Gasteiger partial charge in [0.25, 0.3) is 0 Å². The summed E-state index contributed by atoms with van der Waals surface area (Å²) in [5.41, 5.74) is 0. The zero-order valence-corrected chi connectivity index (χ0v) is 13.2. The van der Waals surface area contributed by atoms with E-state index in [2.05, 4.69) is 15.9 Å². The van der Waals surface area contributed by atoms with Crippen molar-refractivity contribution in [2.45, 2.75) is 23.8 Å². The molecule has 0 aliphatic carbocycles. The van der Waals surface area contributed by atoms with Gasteiger partial charge >= 0.3 is 0 Å². The minimum atomic E-state index is -3.96. The molecule has 1 fully saturated rings. The fourth-order valence-corrected chi connectivity index (χ4v) is 4.19. The van der Waals surface area contributed by atoms with Gasteiger partial charge in [0.2, 0.25) is 10.0 Å². The van der Waals surface area contributed by atoms with Crippen molar-refractivity contribution >= 4 is 26.0 Å². The van der Waals surface area contributed by atoms with E-state index in [4.69, 9.17) is 4.74 Å². The van der Waals surface area contributed by atoms with E-state index < -0.39 is 26.6 Å². The molecule has 0 N–H and O–H groups in total. The number of benzene rings is 1. The van der Waals surface area contributed by atoms with E-state index in [0.29, 0.717) is 18.9 Å². The van der Waals surface area contributed by atoms with Crippen molar-refractivity contribution in [3.8, 4) is 0 Å². The average Bonchev–Trinajstić information content (AvgIpc) is 2.42. The van der Waals surface area contributed by atoms with E-state index >= 15 is 0 Å². The summed E-state index contributed by atoms with van der Waals surface area (Å²) in [7, 11) is -2.38. The van der Waals surface area contributed by atoms with Gasteiger partial charge in [-0.25, -0.2) is 17.2 Å². The lowest BCUT2D eigenvalue weighted by Crippen LogP contribution is -2.40. The summed E-state index contributed by atoms with van der Waals surface area (Å²) in [5.74, 6) is -1.92. The first kappa shape index (κ1) is 15.8. The molecule has 20 heavy (non-hydrogen) atoms. The Morgan fingerprint density at radius 2 is 1.85 bits per heavy atom. The van der Waals surface area contributed by atoms with Crippen molar-refractivity contribution in [3.05, 3.63) is 28.2 Å². The van der Waals surface area contributed by atoms with Gasteiger partial charge in [0.1, 0.15) is 16.5 Å². The molecule has 4 nitrogen and oxygen atoms in total. The van der Waals surface area contributed by atoms with Crippen LogP contribution in [0.3, 0.4) is 0 Å². The third-order valence-electron chi connectivity index (χ3n) is 3.33. The van der Waals surface area contributed by atoms with Gasteiger partial charge in [-0.2, -0.15) is 4.31 Å². The van der Waals surface area contributed by atoms with Crippen LogP contribution in [0.25, 0.3) is 0 Å². The smallest absolute Gasteiger partial charge is 0.246 e. The van der Waals surface area contributed by atoms with E-state index in [0.717, 1.165) is 6.07 Å². The first-order chi connectivity index (χ1) is 9.36. The maximum atomic E-state index is 13.7. The highest BCUT2D eigenvalue weighted by Gasteiger charge is 2.32. The van der Waals surface area contributed by atoms with Gasteiger partial charge in [-0.1, -0.05) is 0 Å². The van der Waals surface area contributed by atoms with Crippen LogP contribution in [0.4, 0.5) is 8.78 Å². The second kappa shape index (κ2) is 6.05. The van der Waals surface area contributed by atoms with Crippen LogP contribution in [0.15, 0.2) is 21.5 Å². The van der Waals surface area contributed by atoms with Crippen molar-refractivity contribution < 1.29 is 21.9 Å². The molecule has 0 saturated carbocycles. The lowest BCUT2D eigenvalue weighted by molar-refractivity contribution is 0.0604. The van der Waals surface area contributed by atoms with Gasteiger partial charge < -0.3 is 4.74 Å². The molecule has 0 spiro atoms. The molecule has 0 aromatic heterocycles. The van der Waals surface area contributed by atoms with Crippen LogP contribution in [0.2, 0.25) is 0 Å². The molecule has 8 heteroatoms. The zero-order chi connectivity index (χ0) is 14.9. The molecule has 0 atom stereocenters. The van der Waals surface area contributed by atoms with Gasteiger partial charge in [0.15, 0.2) is 0 Å². The standard InChI is InChI=1S/C12H14BrF2NO3S/c1-19-8-2-4-16(5-3-8)20(17,18)12-6-9(13)10(14)7-11(12)15/h6-8H,2-5H2,1H3. The van der Waals surface area contributed by atoms with Gasteiger partial charge in [0, 0.05) is 26.3 Å². The molecule has 1 heterocycles. The first-order valence-electron chi connectivity index (χ1n) is 6.03. The molecular weight excluding hydrogens is 356 g/mol. The Kier molecular flexibility index (Phi) is 4.78. The van der Waals surface area contributed by atoms with Crippen LogP contribution < -0.4 is 0 Å². The van der Waals surface area contributed by atoms with Crippen LogP contribution in [0.5, 0.6) is 0 Å². The molecule has 1 aromatic rings. The van der Waals surface area contributed by atoms with E-state index in [1.54, 1.807) is 7.11 Å². The molecule has 0 unspecified atom stereocenters. The number of rotatable bonds is 3. The second-order valence-corrected chi connectivity index (χ2v) is 7.30. The SMILES string of the molecule is COC1CCN(S(=O)(=O)c2cc(Br)c(F)cc2F)CC1. The Labute approximate surface area is 124 Å². The van der Waals surface area contributed by atoms with E-state index in [1.807, 2.05) is 0 Å². The van der Waals surface area contributed by atoms with E-state index in [-0.39, 0.29) is 23.7 Å². The van der Waals surface area contributed by atoms with Gasteiger partial charge in [0.05, 0.1) is 10.6 Å². The lowest BCUT2D eigenvalue weighted by Gasteiger charge is -2.30. The summed E-state index contributed by atoms with van der Waals surface area (Å²) in [4.78, 5) is -0.512. The highest BCUT2D eigenvalue weighted by molar-refractivity contribution is 9.10. The number of ether oxygens (including phenoxy) is 1. The number of methoxy groups -OCH3 is 1. The molecule has 1 aliphatic rings. The number of nitrogens with zero attached hydrogens (tertiary/aromatic N) is 1. The summed E-state index contributed by atoms with van der Waals surface area (Å²) in [6.45, 7) is 0.518. The van der Waals surface area contributed by atoms with Crippen molar-refractivity contribution in [1.29, 1.82) is 0 Å². The van der Waals surface area contributed by atoms with Crippen LogP contribution >= 0.6 is 15.9 Å². The summed E-state index contributed by atoms with van der Waals surface area (Å²) >= 11 is 2.87. The quantitative estimate of drug-likeness (QED) is 0.769. The Balaban J connectivity index is 2.30. The maximum Gasteiger partial charge on any atom is 0.246 e. The third kappa shape index (κ3) is 3.03. The topological polar surface area (TPSA) is 46.6 Å². The summed E-state index contributed by atoms with van der Waals surface area (Å²) < 4.78 is 57.9. The monoisotopic (exact) mass is 369 g/mol.